The Kier molecular flexibility index (Phi) is 8.29. The molecular weight excluding hydrogens is 498 g/mol. The molecule has 1 fully saturated rings. The number of amides is 4. The van der Waals surface area contributed by atoms with E-state index in [0.717, 1.165) is 16.0 Å². The van der Waals surface area contributed by atoms with Gasteiger partial charge in [0.1, 0.15) is 6.04 Å². The molecule has 0 aromatic heterocycles. The summed E-state index contributed by atoms with van der Waals surface area (Å²) in [5.74, 6) is -0.275. The van der Waals surface area contributed by atoms with Crippen LogP contribution in [0.3, 0.4) is 0 Å². The first-order valence-corrected chi connectivity index (χ1v) is 12.5. The van der Waals surface area contributed by atoms with E-state index < -0.39 is 17.9 Å². The summed E-state index contributed by atoms with van der Waals surface area (Å²) in [4.78, 5) is 54.3. The molecule has 1 heterocycles. The van der Waals surface area contributed by atoms with Crippen LogP contribution in [0.2, 0.25) is 0 Å². The van der Waals surface area contributed by atoms with Crippen molar-refractivity contribution in [3.63, 3.8) is 0 Å². The minimum Gasteiger partial charge on any atom is -0.493 e. The van der Waals surface area contributed by atoms with Crippen LogP contribution in [0.25, 0.3) is 0 Å². The maximum Gasteiger partial charge on any atom is 0.257 e. The van der Waals surface area contributed by atoms with Gasteiger partial charge in [0.25, 0.3) is 11.8 Å². The van der Waals surface area contributed by atoms with E-state index in [4.69, 9.17) is 9.47 Å². The zero-order chi connectivity index (χ0) is 28.1. The number of carbonyl (C=O) groups excluding carboxylic acids is 4. The number of imide groups is 1. The van der Waals surface area contributed by atoms with Gasteiger partial charge in [-0.05, 0) is 67.4 Å². The molecular formula is C30H31N3O6. The number of hydrogen-bond acceptors (Lipinski definition) is 6. The summed E-state index contributed by atoms with van der Waals surface area (Å²) in [6, 6.07) is 18.1. The molecule has 4 amide bonds. The molecule has 4 rings (SSSR count). The molecule has 1 N–H and O–H groups in total. The summed E-state index contributed by atoms with van der Waals surface area (Å²) in [7, 11) is 3.11. The van der Waals surface area contributed by atoms with E-state index in [9.17, 15) is 19.2 Å². The van der Waals surface area contributed by atoms with Gasteiger partial charge in [0.2, 0.25) is 11.8 Å². The van der Waals surface area contributed by atoms with Crippen LogP contribution in [0.4, 0.5) is 11.4 Å². The number of hydrogen-bond donors (Lipinski definition) is 1. The summed E-state index contributed by atoms with van der Waals surface area (Å²) in [5.41, 5.74) is 3.25. The summed E-state index contributed by atoms with van der Waals surface area (Å²) >= 11 is 0. The van der Waals surface area contributed by atoms with Crippen LogP contribution in [0.5, 0.6) is 11.5 Å². The molecule has 3 aromatic rings. The Morgan fingerprint density at radius 3 is 2.23 bits per heavy atom. The highest BCUT2D eigenvalue weighted by Gasteiger charge is 2.44. The van der Waals surface area contributed by atoms with Gasteiger partial charge >= 0.3 is 0 Å². The second-order valence-electron chi connectivity index (χ2n) is 9.32. The molecule has 1 atom stereocenters. The third-order valence-electron chi connectivity index (χ3n) is 6.59. The SMILES string of the molecule is COc1ccc(CCN(C(=O)c2ccc(C)cc2)C2CC(=O)N(c3ccc(NC(C)=O)cc3)C2=O)cc1OC. The number of nitrogens with zero attached hydrogens (tertiary/aromatic N) is 2. The first-order valence-electron chi connectivity index (χ1n) is 12.5. The quantitative estimate of drug-likeness (QED) is 0.421. The molecule has 39 heavy (non-hydrogen) atoms. The van der Waals surface area contributed by atoms with Crippen LogP contribution in [0.1, 0.15) is 34.8 Å². The number of rotatable bonds is 9. The van der Waals surface area contributed by atoms with Gasteiger partial charge in [-0.25, -0.2) is 4.90 Å². The molecule has 3 aromatic carbocycles. The predicted molar refractivity (Wildman–Crippen MR) is 147 cm³/mol. The number of ether oxygens (including phenoxy) is 2. The van der Waals surface area contributed by atoms with Crippen LogP contribution in [0.15, 0.2) is 66.7 Å². The largest absolute Gasteiger partial charge is 0.493 e. The molecule has 0 bridgehead atoms. The molecule has 9 heteroatoms. The minimum absolute atomic E-state index is 0.129. The fourth-order valence-electron chi connectivity index (χ4n) is 4.57. The van der Waals surface area contributed by atoms with Gasteiger partial charge in [-0.3, -0.25) is 19.2 Å². The average molecular weight is 530 g/mol. The Balaban J connectivity index is 1.61. The lowest BCUT2D eigenvalue weighted by atomic mass is 10.1. The van der Waals surface area contributed by atoms with E-state index in [1.807, 2.05) is 31.2 Å². The minimum atomic E-state index is -0.957. The van der Waals surface area contributed by atoms with E-state index in [1.165, 1.54) is 11.8 Å². The van der Waals surface area contributed by atoms with Crippen LogP contribution in [0, 0.1) is 6.92 Å². The second-order valence-corrected chi connectivity index (χ2v) is 9.32. The summed E-state index contributed by atoms with van der Waals surface area (Å²) in [6.45, 7) is 3.53. The van der Waals surface area contributed by atoms with Crippen LogP contribution < -0.4 is 19.7 Å². The highest BCUT2D eigenvalue weighted by molar-refractivity contribution is 6.23. The van der Waals surface area contributed by atoms with Gasteiger partial charge in [-0.2, -0.15) is 0 Å². The topological polar surface area (TPSA) is 105 Å². The van der Waals surface area contributed by atoms with Crippen molar-refractivity contribution < 1.29 is 28.7 Å². The maximum atomic E-state index is 13.7. The maximum absolute atomic E-state index is 13.7. The van der Waals surface area contributed by atoms with Gasteiger partial charge < -0.3 is 19.7 Å². The molecule has 1 unspecified atom stereocenters. The number of anilines is 2. The number of benzene rings is 3. The van der Waals surface area contributed by atoms with E-state index in [2.05, 4.69) is 5.32 Å². The Bertz CT molecular complexity index is 1380. The van der Waals surface area contributed by atoms with Crippen molar-refractivity contribution in [3.05, 3.63) is 83.4 Å². The Morgan fingerprint density at radius 2 is 1.62 bits per heavy atom. The van der Waals surface area contributed by atoms with Crippen molar-refractivity contribution >= 4 is 35.0 Å². The highest BCUT2D eigenvalue weighted by Crippen LogP contribution is 2.30. The molecule has 1 aliphatic rings. The summed E-state index contributed by atoms with van der Waals surface area (Å²) < 4.78 is 10.7. The van der Waals surface area contributed by atoms with Crippen LogP contribution in [-0.4, -0.2) is 55.3 Å². The normalized spacial score (nSPS) is 14.8. The summed E-state index contributed by atoms with van der Waals surface area (Å²) in [5, 5.41) is 2.66. The average Bonchev–Trinajstić information content (AvgIpc) is 3.22. The molecule has 0 aliphatic carbocycles. The Morgan fingerprint density at radius 1 is 0.949 bits per heavy atom. The van der Waals surface area contributed by atoms with Gasteiger partial charge in [0.05, 0.1) is 26.3 Å². The first kappa shape index (κ1) is 27.4. The van der Waals surface area contributed by atoms with Crippen molar-refractivity contribution in [1.29, 1.82) is 0 Å². The summed E-state index contributed by atoms with van der Waals surface area (Å²) in [6.07, 6.45) is 0.303. The fourth-order valence-corrected chi connectivity index (χ4v) is 4.57. The smallest absolute Gasteiger partial charge is 0.257 e. The van der Waals surface area contributed by atoms with E-state index in [1.54, 1.807) is 56.7 Å². The van der Waals surface area contributed by atoms with Crippen molar-refractivity contribution in [3.8, 4) is 11.5 Å². The van der Waals surface area contributed by atoms with Gasteiger partial charge in [0.15, 0.2) is 11.5 Å². The molecule has 9 nitrogen and oxygen atoms in total. The highest BCUT2D eigenvalue weighted by atomic mass is 16.5. The fraction of sp³-hybridized carbons (Fsp3) is 0.267. The first-order chi connectivity index (χ1) is 18.7. The zero-order valence-corrected chi connectivity index (χ0v) is 22.4. The van der Waals surface area contributed by atoms with Crippen molar-refractivity contribution in [1.82, 2.24) is 4.90 Å². The van der Waals surface area contributed by atoms with Gasteiger partial charge in [-0.15, -0.1) is 0 Å². The van der Waals surface area contributed by atoms with E-state index >= 15 is 0 Å². The predicted octanol–water partition coefficient (Wildman–Crippen LogP) is 3.99. The lowest BCUT2D eigenvalue weighted by Crippen LogP contribution is -2.46. The molecule has 202 valence electrons. The number of methoxy groups -OCH3 is 2. The zero-order valence-electron chi connectivity index (χ0n) is 22.4. The van der Waals surface area contributed by atoms with Crippen molar-refractivity contribution in [2.75, 3.05) is 31.0 Å². The molecule has 1 aliphatic heterocycles. The lowest BCUT2D eigenvalue weighted by molar-refractivity contribution is -0.122. The molecule has 0 spiro atoms. The molecule has 0 saturated carbocycles. The number of carbonyl (C=O) groups is 4. The third kappa shape index (κ3) is 6.09. The van der Waals surface area contributed by atoms with E-state index in [-0.39, 0.29) is 24.8 Å². The molecule has 1 saturated heterocycles. The number of nitrogens with one attached hydrogen (secondary N) is 1. The number of aryl methyl sites for hydroxylation is 1. The van der Waals surface area contributed by atoms with Crippen LogP contribution in [-0.2, 0) is 20.8 Å². The standard InChI is InChI=1S/C30H31N3O6/c1-19-5-8-22(9-6-19)29(36)32(16-15-21-7-14-26(38-3)27(17-21)39-4)25-18-28(35)33(30(25)37)24-12-10-23(11-13-24)31-20(2)34/h5-14,17,25H,15-16,18H2,1-4H3,(H,31,34). The van der Waals surface area contributed by atoms with Crippen LogP contribution >= 0.6 is 0 Å². The van der Waals surface area contributed by atoms with Gasteiger partial charge in [-0.1, -0.05) is 23.8 Å². The van der Waals surface area contributed by atoms with E-state index in [0.29, 0.717) is 34.9 Å². The Hall–Kier alpha value is -4.66. The monoisotopic (exact) mass is 529 g/mol. The van der Waals surface area contributed by atoms with Gasteiger partial charge in [0, 0.05) is 24.7 Å². The lowest BCUT2D eigenvalue weighted by Gasteiger charge is -2.28. The van der Waals surface area contributed by atoms with Crippen molar-refractivity contribution in [2.45, 2.75) is 32.7 Å². The molecule has 0 radical (unpaired) electrons. The van der Waals surface area contributed by atoms with Crippen molar-refractivity contribution in [2.24, 2.45) is 0 Å². The third-order valence-corrected chi connectivity index (χ3v) is 6.59. The Labute approximate surface area is 227 Å². The second kappa shape index (κ2) is 11.8.